The van der Waals surface area contributed by atoms with Crippen molar-refractivity contribution < 1.29 is 18.7 Å². The largest absolute Gasteiger partial charge is 0.384 e. The van der Waals surface area contributed by atoms with E-state index in [0.717, 1.165) is 6.20 Å². The minimum absolute atomic E-state index is 0.0535. The fraction of sp³-hybridized carbons (Fsp3) is 0.409. The van der Waals surface area contributed by atoms with E-state index in [1.165, 1.54) is 43.2 Å². The highest BCUT2D eigenvalue weighted by atomic mass is 19.1. The van der Waals surface area contributed by atoms with Gasteiger partial charge in [-0.3, -0.25) is 4.79 Å². The van der Waals surface area contributed by atoms with Gasteiger partial charge in [0, 0.05) is 38.0 Å². The number of likely N-dealkylation sites (tertiary alicyclic amines) is 1. The fourth-order valence-electron chi connectivity index (χ4n) is 4.65. The summed E-state index contributed by atoms with van der Waals surface area (Å²) >= 11 is 0. The molecule has 2 aliphatic rings. The molecule has 11 heteroatoms. The van der Waals surface area contributed by atoms with Crippen LogP contribution in [0.1, 0.15) is 29.9 Å². The summed E-state index contributed by atoms with van der Waals surface area (Å²) in [6.45, 7) is 5.02. The number of aliphatic hydroxyl groups is 1. The van der Waals surface area contributed by atoms with Crippen molar-refractivity contribution in [3.8, 4) is 5.69 Å². The molecule has 0 bridgehead atoms. The van der Waals surface area contributed by atoms with Crippen LogP contribution in [0.4, 0.5) is 14.7 Å². The van der Waals surface area contributed by atoms with Crippen LogP contribution in [0.5, 0.6) is 0 Å². The zero-order valence-electron chi connectivity index (χ0n) is 18.2. The lowest BCUT2D eigenvalue weighted by Crippen LogP contribution is -2.35. The van der Waals surface area contributed by atoms with Crippen LogP contribution < -0.4 is 4.90 Å². The van der Waals surface area contributed by atoms with Crippen LogP contribution in [0.2, 0.25) is 0 Å². The third-order valence-corrected chi connectivity index (χ3v) is 6.21. The number of rotatable bonds is 4. The number of anilines is 1. The Hall–Kier alpha value is -3.47. The maximum absolute atomic E-state index is 14.7. The number of hydrogen-bond acceptors (Lipinski definition) is 7. The molecule has 9 nitrogen and oxygen atoms in total. The molecule has 2 aromatic heterocycles. The second kappa shape index (κ2) is 7.84. The summed E-state index contributed by atoms with van der Waals surface area (Å²) in [5, 5.41) is 18.2. The van der Waals surface area contributed by atoms with Crippen molar-refractivity contribution in [3.05, 3.63) is 59.7 Å². The molecule has 3 aromatic rings. The first-order chi connectivity index (χ1) is 15.7. The molecule has 2 aliphatic heterocycles. The third kappa shape index (κ3) is 3.82. The molecule has 5 rings (SSSR count). The summed E-state index contributed by atoms with van der Waals surface area (Å²) in [5.41, 5.74) is -1.24. The van der Waals surface area contributed by atoms with Crippen molar-refractivity contribution in [2.24, 2.45) is 11.8 Å². The van der Waals surface area contributed by atoms with Crippen LogP contribution in [0.25, 0.3) is 5.69 Å². The van der Waals surface area contributed by atoms with Crippen molar-refractivity contribution in [1.29, 1.82) is 0 Å². The minimum Gasteiger partial charge on any atom is -0.384 e. The average molecular weight is 455 g/mol. The summed E-state index contributed by atoms with van der Waals surface area (Å²) in [6, 6.07) is 4.39. The molecular weight excluding hydrogens is 432 g/mol. The van der Waals surface area contributed by atoms with E-state index in [2.05, 4.69) is 20.2 Å². The van der Waals surface area contributed by atoms with Crippen LogP contribution in [-0.4, -0.2) is 67.1 Å². The van der Waals surface area contributed by atoms with Crippen LogP contribution in [0.15, 0.2) is 36.8 Å². The minimum atomic E-state index is -1.43. The van der Waals surface area contributed by atoms with E-state index in [1.807, 2.05) is 4.90 Å². The Bertz CT molecular complexity index is 1180. The van der Waals surface area contributed by atoms with E-state index in [-0.39, 0.29) is 23.1 Å². The lowest BCUT2D eigenvalue weighted by Gasteiger charge is -2.24. The van der Waals surface area contributed by atoms with Gasteiger partial charge in [0.05, 0.1) is 18.6 Å². The zero-order valence-corrected chi connectivity index (χ0v) is 18.2. The normalized spacial score (nSPS) is 20.4. The number of nitrogens with zero attached hydrogens (tertiary/aromatic N) is 7. The van der Waals surface area contributed by atoms with Gasteiger partial charge >= 0.3 is 0 Å². The van der Waals surface area contributed by atoms with Crippen LogP contribution in [0.3, 0.4) is 0 Å². The summed E-state index contributed by atoms with van der Waals surface area (Å²) in [4.78, 5) is 26.4. The Labute approximate surface area is 188 Å². The lowest BCUT2D eigenvalue weighted by atomic mass is 10.0. The van der Waals surface area contributed by atoms with Gasteiger partial charge in [-0.15, -0.1) is 0 Å². The summed E-state index contributed by atoms with van der Waals surface area (Å²) in [5.74, 6) is -1.04. The summed E-state index contributed by atoms with van der Waals surface area (Å²) in [7, 11) is 0. The van der Waals surface area contributed by atoms with Gasteiger partial charge in [-0.2, -0.15) is 15.0 Å². The van der Waals surface area contributed by atoms with E-state index in [1.54, 1.807) is 11.0 Å². The smallest absolute Gasteiger partial charge is 0.259 e. The maximum atomic E-state index is 14.7. The highest BCUT2D eigenvalue weighted by Crippen LogP contribution is 2.35. The molecule has 4 heterocycles. The van der Waals surface area contributed by atoms with E-state index >= 15 is 0 Å². The molecule has 1 amide bonds. The number of carbonyl (C=O) groups excluding carboxylic acids is 1. The molecule has 0 saturated carbocycles. The predicted octanol–water partition coefficient (Wildman–Crippen LogP) is 1.77. The van der Waals surface area contributed by atoms with Crippen molar-refractivity contribution in [2.45, 2.75) is 19.4 Å². The predicted molar refractivity (Wildman–Crippen MR) is 114 cm³/mol. The number of amides is 1. The summed E-state index contributed by atoms with van der Waals surface area (Å²) in [6.07, 6.45) is 4.01. The van der Waals surface area contributed by atoms with Gasteiger partial charge in [-0.25, -0.2) is 18.7 Å². The Morgan fingerprint density at radius 2 is 1.73 bits per heavy atom. The van der Waals surface area contributed by atoms with Crippen molar-refractivity contribution in [3.63, 3.8) is 0 Å². The molecule has 0 unspecified atom stereocenters. The van der Waals surface area contributed by atoms with E-state index in [4.69, 9.17) is 0 Å². The fourth-order valence-corrected chi connectivity index (χ4v) is 4.65. The Morgan fingerprint density at radius 3 is 2.36 bits per heavy atom. The highest BCUT2D eigenvalue weighted by molar-refractivity contribution is 5.98. The van der Waals surface area contributed by atoms with Gasteiger partial charge in [-0.1, -0.05) is 6.07 Å². The first-order valence-corrected chi connectivity index (χ1v) is 10.7. The first-order valence-electron chi connectivity index (χ1n) is 10.7. The van der Waals surface area contributed by atoms with E-state index in [9.17, 15) is 18.7 Å². The molecule has 2 fully saturated rings. The van der Waals surface area contributed by atoms with Crippen molar-refractivity contribution in [1.82, 2.24) is 29.9 Å². The molecule has 0 spiro atoms. The number of benzene rings is 1. The number of carbonyl (C=O) groups is 1. The average Bonchev–Trinajstić information content (AvgIpc) is 3.49. The second-order valence-electron chi connectivity index (χ2n) is 9.01. The molecule has 2 saturated heterocycles. The molecule has 1 N–H and O–H groups in total. The van der Waals surface area contributed by atoms with Gasteiger partial charge in [-0.05, 0) is 26.0 Å². The lowest BCUT2D eigenvalue weighted by molar-refractivity contribution is 0.0692. The van der Waals surface area contributed by atoms with Gasteiger partial charge in [0.25, 0.3) is 5.91 Å². The molecule has 0 aliphatic carbocycles. The molecule has 172 valence electrons. The number of hydrogen-bond donors (Lipinski definition) is 1. The van der Waals surface area contributed by atoms with E-state index in [0.29, 0.717) is 37.8 Å². The molecular formula is C22H23F2N7O2. The summed E-state index contributed by atoms with van der Waals surface area (Å²) < 4.78 is 28.8. The van der Waals surface area contributed by atoms with Gasteiger partial charge in [0.2, 0.25) is 5.95 Å². The molecule has 0 radical (unpaired) electrons. The number of halogens is 2. The Morgan fingerprint density at radius 1 is 1.06 bits per heavy atom. The quantitative estimate of drug-likeness (QED) is 0.640. The zero-order chi connectivity index (χ0) is 23.3. The van der Waals surface area contributed by atoms with Crippen molar-refractivity contribution in [2.75, 3.05) is 31.1 Å². The van der Waals surface area contributed by atoms with Gasteiger partial charge in [0.1, 0.15) is 28.4 Å². The Balaban J connectivity index is 1.33. The SMILES string of the molecule is CC(C)(O)c1nc(N2C[C@H]3CN(C(=O)c4c(F)cccc4-n4nccn4)C[C@H]3C2)ncc1F. The third-order valence-electron chi connectivity index (χ3n) is 6.21. The molecule has 33 heavy (non-hydrogen) atoms. The standard InChI is InChI=1S/C22H23F2N7O2/c1-22(2,33)19-16(24)8-25-21(28-19)30-11-13-9-29(10-14(13)12-30)20(32)18-15(23)4-3-5-17(18)31-26-6-7-27-31/h3-8,13-14,33H,9-12H2,1-2H3/t13-,14+. The van der Waals surface area contributed by atoms with E-state index < -0.39 is 23.1 Å². The topological polar surface area (TPSA) is 100 Å². The van der Waals surface area contributed by atoms with Gasteiger partial charge in [0.15, 0.2) is 5.82 Å². The maximum Gasteiger partial charge on any atom is 0.259 e. The number of fused-ring (bicyclic) bond motifs is 1. The second-order valence-corrected chi connectivity index (χ2v) is 9.01. The monoisotopic (exact) mass is 455 g/mol. The molecule has 2 atom stereocenters. The van der Waals surface area contributed by atoms with Crippen molar-refractivity contribution >= 4 is 11.9 Å². The van der Waals surface area contributed by atoms with Crippen LogP contribution in [-0.2, 0) is 5.60 Å². The van der Waals surface area contributed by atoms with Crippen LogP contribution >= 0.6 is 0 Å². The van der Waals surface area contributed by atoms with Crippen LogP contribution in [0, 0.1) is 23.5 Å². The first kappa shape index (κ1) is 21.4. The number of aromatic nitrogens is 5. The molecule has 1 aromatic carbocycles. The van der Waals surface area contributed by atoms with Gasteiger partial charge < -0.3 is 14.9 Å². The Kier molecular flexibility index (Phi) is 5.08. The highest BCUT2D eigenvalue weighted by Gasteiger charge is 2.43.